The summed E-state index contributed by atoms with van der Waals surface area (Å²) in [7, 11) is 0. The number of benzene rings is 2. The van der Waals surface area contributed by atoms with Crippen molar-refractivity contribution in [2.75, 3.05) is 13.2 Å². The van der Waals surface area contributed by atoms with Crippen LogP contribution >= 0.6 is 0 Å². The van der Waals surface area contributed by atoms with Crippen LogP contribution in [0.1, 0.15) is 70.8 Å². The lowest BCUT2D eigenvalue weighted by Crippen LogP contribution is -2.06. The van der Waals surface area contributed by atoms with Gasteiger partial charge in [0, 0.05) is 5.57 Å². The van der Waals surface area contributed by atoms with Gasteiger partial charge in [-0.1, -0.05) is 58.2 Å². The van der Waals surface area contributed by atoms with E-state index in [1.165, 1.54) is 5.56 Å². The Morgan fingerprint density at radius 1 is 0.875 bits per heavy atom. The first kappa shape index (κ1) is 25.3. The van der Waals surface area contributed by atoms with Crippen LogP contribution < -0.4 is 4.74 Å². The van der Waals surface area contributed by atoms with Crippen LogP contribution in [0, 0.1) is 0 Å². The molecule has 0 fully saturated rings. The van der Waals surface area contributed by atoms with Crippen LogP contribution in [0.2, 0.25) is 0 Å². The molecule has 172 valence electrons. The van der Waals surface area contributed by atoms with Crippen molar-refractivity contribution in [1.82, 2.24) is 0 Å². The minimum Gasteiger partial charge on any atom is -0.494 e. The second-order valence-corrected chi connectivity index (χ2v) is 8.33. The number of carbonyl (C=O) groups excluding carboxylic acids is 1. The molecule has 0 spiro atoms. The van der Waals surface area contributed by atoms with Crippen molar-refractivity contribution >= 4 is 17.3 Å². The lowest BCUT2D eigenvalue weighted by Gasteiger charge is -2.07. The number of rotatable bonds is 14. The van der Waals surface area contributed by atoms with Crippen LogP contribution in [-0.4, -0.2) is 19.2 Å². The third-order valence-corrected chi connectivity index (χ3v) is 5.04. The third kappa shape index (κ3) is 9.90. The minimum absolute atomic E-state index is 0.297. The fraction of sp³-hybridized carbons (Fsp3) is 0.444. The van der Waals surface area contributed by atoms with E-state index in [4.69, 9.17) is 9.47 Å². The van der Waals surface area contributed by atoms with Gasteiger partial charge in [-0.25, -0.2) is 4.79 Å². The summed E-state index contributed by atoms with van der Waals surface area (Å²) in [5.41, 5.74) is 3.39. The monoisotopic (exact) mass is 436 g/mol. The molecule has 0 radical (unpaired) electrons. The lowest BCUT2D eigenvalue weighted by atomic mass is 10.0. The number of carbonyl (C=O) groups is 1. The first-order valence-corrected chi connectivity index (χ1v) is 11.5. The number of hydrogen-bond acceptors (Lipinski definition) is 5. The fourth-order valence-electron chi connectivity index (χ4n) is 3.06. The maximum Gasteiger partial charge on any atom is 0.333 e. The zero-order chi connectivity index (χ0) is 23.2. The predicted molar refractivity (Wildman–Crippen MR) is 130 cm³/mol. The summed E-state index contributed by atoms with van der Waals surface area (Å²) in [5.74, 6) is 1.03. The molecule has 5 heteroatoms. The van der Waals surface area contributed by atoms with Gasteiger partial charge in [-0.2, -0.15) is 10.2 Å². The SMILES string of the molecule is C=C(C)C(=O)OCCCCCCCCOc1ccc(/N=N/c2cccc(C(C)C)c2)cc1. The fourth-order valence-corrected chi connectivity index (χ4v) is 3.06. The zero-order valence-corrected chi connectivity index (χ0v) is 19.7. The molecule has 0 aliphatic rings. The van der Waals surface area contributed by atoms with Gasteiger partial charge in [-0.15, -0.1) is 0 Å². The van der Waals surface area contributed by atoms with Gasteiger partial charge in [0.05, 0.1) is 24.6 Å². The quantitative estimate of drug-likeness (QED) is 0.130. The smallest absolute Gasteiger partial charge is 0.333 e. The molecule has 0 unspecified atom stereocenters. The standard InChI is InChI=1S/C27H36N2O3/c1-21(2)23-12-11-13-25(20-23)29-28-24-14-16-26(17-15-24)31-18-9-7-5-6-8-10-19-32-27(30)22(3)4/h11-17,20-21H,3,5-10,18-19H2,1-2,4H3/b29-28+. The molecule has 32 heavy (non-hydrogen) atoms. The number of ether oxygens (including phenoxy) is 2. The lowest BCUT2D eigenvalue weighted by molar-refractivity contribution is -0.139. The third-order valence-electron chi connectivity index (χ3n) is 5.04. The molecule has 0 N–H and O–H groups in total. The van der Waals surface area contributed by atoms with E-state index in [2.05, 4.69) is 42.8 Å². The Kier molecular flexibility index (Phi) is 11.2. The zero-order valence-electron chi connectivity index (χ0n) is 19.7. The first-order valence-electron chi connectivity index (χ1n) is 11.5. The highest BCUT2D eigenvalue weighted by molar-refractivity contribution is 5.86. The van der Waals surface area contributed by atoms with E-state index in [0.717, 1.165) is 55.6 Å². The van der Waals surface area contributed by atoms with Crippen LogP contribution in [0.4, 0.5) is 11.4 Å². The molecule has 5 nitrogen and oxygen atoms in total. The Hall–Kier alpha value is -2.95. The minimum atomic E-state index is -0.297. The van der Waals surface area contributed by atoms with Crippen LogP contribution in [0.15, 0.2) is 70.9 Å². The van der Waals surface area contributed by atoms with E-state index in [1.54, 1.807) is 6.92 Å². The number of hydrogen-bond donors (Lipinski definition) is 0. The van der Waals surface area contributed by atoms with Crippen molar-refractivity contribution in [2.45, 2.75) is 65.2 Å². The van der Waals surface area contributed by atoms with Gasteiger partial charge in [0.25, 0.3) is 0 Å². The van der Waals surface area contributed by atoms with Crippen LogP contribution in [0.25, 0.3) is 0 Å². The van der Waals surface area contributed by atoms with Crippen molar-refractivity contribution in [3.8, 4) is 5.75 Å². The molecule has 0 aliphatic heterocycles. The van der Waals surface area contributed by atoms with Crippen molar-refractivity contribution in [3.63, 3.8) is 0 Å². The summed E-state index contributed by atoms with van der Waals surface area (Å²) < 4.78 is 10.9. The Bertz CT molecular complexity index is 873. The average Bonchev–Trinajstić information content (AvgIpc) is 2.79. The van der Waals surface area contributed by atoms with Gasteiger partial charge in [-0.05, 0) is 67.6 Å². The molecule has 0 aromatic heterocycles. The number of nitrogens with zero attached hydrogens (tertiary/aromatic N) is 2. The largest absolute Gasteiger partial charge is 0.494 e. The van der Waals surface area contributed by atoms with Crippen molar-refractivity contribution in [2.24, 2.45) is 10.2 Å². The van der Waals surface area contributed by atoms with Crippen molar-refractivity contribution < 1.29 is 14.3 Å². The Labute approximate surface area is 192 Å². The highest BCUT2D eigenvalue weighted by Crippen LogP contribution is 2.24. The molecule has 0 aliphatic carbocycles. The van der Waals surface area contributed by atoms with E-state index in [1.807, 2.05) is 36.4 Å². The predicted octanol–water partition coefficient (Wildman–Crippen LogP) is 8.06. The maximum atomic E-state index is 11.3. The van der Waals surface area contributed by atoms with E-state index >= 15 is 0 Å². The van der Waals surface area contributed by atoms with Crippen LogP contribution in [-0.2, 0) is 9.53 Å². The summed E-state index contributed by atoms with van der Waals surface area (Å²) in [6.07, 6.45) is 6.44. The molecule has 2 rings (SSSR count). The summed E-state index contributed by atoms with van der Waals surface area (Å²) in [5, 5.41) is 8.67. The van der Waals surface area contributed by atoms with Gasteiger partial charge < -0.3 is 9.47 Å². The summed E-state index contributed by atoms with van der Waals surface area (Å²) in [6, 6.07) is 15.9. The van der Waals surface area contributed by atoms with Gasteiger partial charge in [0.2, 0.25) is 0 Å². The van der Waals surface area contributed by atoms with E-state index in [-0.39, 0.29) is 5.97 Å². The second-order valence-electron chi connectivity index (χ2n) is 8.33. The molecular weight excluding hydrogens is 400 g/mol. The maximum absolute atomic E-state index is 11.3. The van der Waals surface area contributed by atoms with E-state index < -0.39 is 0 Å². The Balaban J connectivity index is 1.58. The van der Waals surface area contributed by atoms with Crippen LogP contribution in [0.3, 0.4) is 0 Å². The Morgan fingerprint density at radius 2 is 1.50 bits per heavy atom. The molecule has 0 bridgehead atoms. The number of esters is 1. The molecular formula is C27H36N2O3. The molecule has 0 atom stereocenters. The second kappa shape index (κ2) is 14.2. The summed E-state index contributed by atoms with van der Waals surface area (Å²) in [4.78, 5) is 11.3. The molecule has 0 heterocycles. The molecule has 2 aromatic rings. The Morgan fingerprint density at radius 3 is 2.16 bits per heavy atom. The van der Waals surface area contributed by atoms with Crippen molar-refractivity contribution in [1.29, 1.82) is 0 Å². The number of unbranched alkanes of at least 4 members (excludes halogenated alkanes) is 5. The van der Waals surface area contributed by atoms with Crippen molar-refractivity contribution in [3.05, 3.63) is 66.2 Å². The number of azo groups is 1. The average molecular weight is 437 g/mol. The normalized spacial score (nSPS) is 11.1. The summed E-state index contributed by atoms with van der Waals surface area (Å²) in [6.45, 7) is 10.8. The van der Waals surface area contributed by atoms with Gasteiger partial charge in [0.15, 0.2) is 0 Å². The topological polar surface area (TPSA) is 60.2 Å². The van der Waals surface area contributed by atoms with E-state index in [0.29, 0.717) is 24.7 Å². The highest BCUT2D eigenvalue weighted by Gasteiger charge is 2.02. The van der Waals surface area contributed by atoms with Gasteiger partial charge >= 0.3 is 5.97 Å². The van der Waals surface area contributed by atoms with E-state index in [9.17, 15) is 4.79 Å². The van der Waals surface area contributed by atoms with Gasteiger partial charge in [0.1, 0.15) is 5.75 Å². The molecule has 2 aromatic carbocycles. The highest BCUT2D eigenvalue weighted by atomic mass is 16.5. The molecule has 0 saturated carbocycles. The molecule has 0 saturated heterocycles. The van der Waals surface area contributed by atoms with Crippen LogP contribution in [0.5, 0.6) is 5.75 Å². The summed E-state index contributed by atoms with van der Waals surface area (Å²) >= 11 is 0. The molecule has 0 amide bonds. The first-order chi connectivity index (χ1) is 15.5. The van der Waals surface area contributed by atoms with Gasteiger partial charge in [-0.3, -0.25) is 0 Å².